The Morgan fingerprint density at radius 1 is 1.33 bits per heavy atom. The van der Waals surface area contributed by atoms with Crippen molar-refractivity contribution < 1.29 is 13.9 Å². The van der Waals surface area contributed by atoms with E-state index in [1.807, 2.05) is 0 Å². The number of piperidine rings is 1. The van der Waals surface area contributed by atoms with Gasteiger partial charge in [0.05, 0.1) is 6.54 Å². The molecule has 18 heavy (non-hydrogen) atoms. The summed E-state index contributed by atoms with van der Waals surface area (Å²) in [6, 6.07) is 0. The number of alkyl halides is 1. The molecule has 0 aromatic heterocycles. The summed E-state index contributed by atoms with van der Waals surface area (Å²) in [5, 5.41) is 0. The van der Waals surface area contributed by atoms with Crippen LogP contribution in [-0.2, 0) is 4.74 Å². The van der Waals surface area contributed by atoms with Crippen LogP contribution < -0.4 is 0 Å². The third-order valence-corrected chi connectivity index (χ3v) is 3.67. The van der Waals surface area contributed by atoms with Gasteiger partial charge in [0, 0.05) is 5.54 Å². The first kappa shape index (κ1) is 13.2. The molecule has 1 saturated carbocycles. The van der Waals surface area contributed by atoms with Crippen LogP contribution in [-0.4, -0.2) is 34.3 Å². The van der Waals surface area contributed by atoms with Crippen LogP contribution in [0.15, 0.2) is 0 Å². The summed E-state index contributed by atoms with van der Waals surface area (Å²) in [7, 11) is 0. The number of carbonyl (C=O) groups excluding carboxylic acids is 1. The number of nitrogens with zero attached hydrogens (tertiary/aromatic N) is 1. The zero-order valence-electron chi connectivity index (χ0n) is 11.3. The van der Waals surface area contributed by atoms with E-state index in [4.69, 9.17) is 11.2 Å². The number of rotatable bonds is 0. The Hall–Kier alpha value is -1.24. The standard InChI is InChI=1S/C14H20FNO2/c1-5-13(15)6-7-14(8-9-14)16(10-13)11(17)18-12(2,3)4/h1H,6-10H2,2-4H3. The molecule has 0 aromatic carbocycles. The van der Waals surface area contributed by atoms with Crippen LogP contribution in [0.3, 0.4) is 0 Å². The first-order chi connectivity index (χ1) is 8.20. The Morgan fingerprint density at radius 3 is 2.33 bits per heavy atom. The van der Waals surface area contributed by atoms with Crippen molar-refractivity contribution in [3.05, 3.63) is 0 Å². The lowest BCUT2D eigenvalue weighted by atomic mass is 9.89. The first-order valence-corrected chi connectivity index (χ1v) is 6.37. The second-order valence-corrected chi connectivity index (χ2v) is 6.40. The zero-order valence-corrected chi connectivity index (χ0v) is 11.3. The summed E-state index contributed by atoms with van der Waals surface area (Å²) >= 11 is 0. The predicted molar refractivity (Wildman–Crippen MR) is 66.8 cm³/mol. The van der Waals surface area contributed by atoms with E-state index < -0.39 is 17.4 Å². The summed E-state index contributed by atoms with van der Waals surface area (Å²) in [4.78, 5) is 13.7. The Morgan fingerprint density at radius 2 is 1.89 bits per heavy atom. The lowest BCUT2D eigenvalue weighted by Gasteiger charge is -2.41. The molecule has 1 aliphatic heterocycles. The number of halogens is 1. The van der Waals surface area contributed by atoms with E-state index in [-0.39, 0.29) is 12.1 Å². The van der Waals surface area contributed by atoms with Crippen molar-refractivity contribution in [1.82, 2.24) is 4.90 Å². The van der Waals surface area contributed by atoms with Gasteiger partial charge in [0.2, 0.25) is 0 Å². The normalized spacial score (nSPS) is 29.8. The summed E-state index contributed by atoms with van der Waals surface area (Å²) in [6.45, 7) is 5.37. The minimum atomic E-state index is -1.70. The predicted octanol–water partition coefficient (Wildman–Crippen LogP) is 2.89. The van der Waals surface area contributed by atoms with E-state index in [1.165, 1.54) is 4.90 Å². The number of amides is 1. The molecular formula is C14H20FNO2. The summed E-state index contributed by atoms with van der Waals surface area (Å²) in [5.41, 5.74) is -2.46. The van der Waals surface area contributed by atoms with Crippen molar-refractivity contribution in [2.75, 3.05) is 6.54 Å². The third-order valence-electron chi connectivity index (χ3n) is 3.67. The van der Waals surface area contributed by atoms with Crippen molar-refractivity contribution in [3.8, 4) is 12.3 Å². The summed E-state index contributed by atoms with van der Waals surface area (Å²) in [5.74, 6) is 2.18. The van der Waals surface area contributed by atoms with Crippen molar-refractivity contribution in [2.45, 2.75) is 63.3 Å². The minimum Gasteiger partial charge on any atom is -0.444 e. The maximum atomic E-state index is 14.2. The molecule has 0 aromatic rings. The van der Waals surface area contributed by atoms with Gasteiger partial charge in [0.1, 0.15) is 5.60 Å². The van der Waals surface area contributed by atoms with Crippen LogP contribution in [0.5, 0.6) is 0 Å². The molecule has 100 valence electrons. The van der Waals surface area contributed by atoms with Crippen molar-refractivity contribution in [1.29, 1.82) is 0 Å². The average Bonchev–Trinajstić information content (AvgIpc) is 3.01. The third kappa shape index (κ3) is 2.45. The van der Waals surface area contributed by atoms with Crippen LogP contribution >= 0.6 is 0 Å². The van der Waals surface area contributed by atoms with Crippen LogP contribution in [0.4, 0.5) is 9.18 Å². The van der Waals surface area contributed by atoms with Crippen LogP contribution in [0.25, 0.3) is 0 Å². The molecule has 1 atom stereocenters. The van der Waals surface area contributed by atoms with Gasteiger partial charge in [0.25, 0.3) is 0 Å². The summed E-state index contributed by atoms with van der Waals surface area (Å²) < 4.78 is 19.6. The molecule has 0 N–H and O–H groups in total. The molecule has 0 radical (unpaired) electrons. The van der Waals surface area contributed by atoms with Crippen molar-refractivity contribution in [2.24, 2.45) is 0 Å². The molecule has 4 heteroatoms. The first-order valence-electron chi connectivity index (χ1n) is 6.37. The van der Waals surface area contributed by atoms with Gasteiger partial charge in [-0.05, 0) is 46.5 Å². The Balaban J connectivity index is 2.14. The maximum Gasteiger partial charge on any atom is 0.410 e. The van der Waals surface area contributed by atoms with E-state index in [9.17, 15) is 9.18 Å². The monoisotopic (exact) mass is 253 g/mol. The highest BCUT2D eigenvalue weighted by Crippen LogP contribution is 2.51. The van der Waals surface area contributed by atoms with Gasteiger partial charge in [-0.15, -0.1) is 6.42 Å². The molecule has 0 bridgehead atoms. The highest BCUT2D eigenvalue weighted by atomic mass is 19.1. The zero-order chi connectivity index (χ0) is 13.6. The van der Waals surface area contributed by atoms with Crippen LogP contribution in [0.2, 0.25) is 0 Å². The van der Waals surface area contributed by atoms with Gasteiger partial charge in [-0.25, -0.2) is 9.18 Å². The van der Waals surface area contributed by atoms with Crippen LogP contribution in [0.1, 0.15) is 46.5 Å². The topological polar surface area (TPSA) is 29.5 Å². The second kappa shape index (κ2) is 3.88. The fourth-order valence-corrected chi connectivity index (χ4v) is 2.42. The molecule has 1 saturated heterocycles. The Kier molecular flexibility index (Phi) is 2.84. The highest BCUT2D eigenvalue weighted by Gasteiger charge is 2.57. The van der Waals surface area contributed by atoms with E-state index in [2.05, 4.69) is 5.92 Å². The Bertz CT molecular complexity index is 403. The smallest absolute Gasteiger partial charge is 0.410 e. The molecule has 1 amide bonds. The Labute approximate surface area is 108 Å². The van der Waals surface area contributed by atoms with Crippen LogP contribution in [0, 0.1) is 12.3 Å². The second-order valence-electron chi connectivity index (χ2n) is 6.40. The van der Waals surface area contributed by atoms with Gasteiger partial charge in [-0.3, -0.25) is 4.90 Å². The summed E-state index contributed by atoms with van der Waals surface area (Å²) in [6.07, 6.45) is 7.60. The number of terminal acetylenes is 1. The largest absolute Gasteiger partial charge is 0.444 e. The van der Waals surface area contributed by atoms with E-state index in [0.717, 1.165) is 12.8 Å². The fraction of sp³-hybridized carbons (Fsp3) is 0.786. The van der Waals surface area contributed by atoms with Gasteiger partial charge >= 0.3 is 6.09 Å². The lowest BCUT2D eigenvalue weighted by Crippen LogP contribution is -2.55. The number of likely N-dealkylation sites (tertiary alicyclic amines) is 1. The number of hydrogen-bond donors (Lipinski definition) is 0. The maximum absolute atomic E-state index is 14.2. The quantitative estimate of drug-likeness (QED) is 0.621. The van der Waals surface area contributed by atoms with E-state index in [0.29, 0.717) is 12.8 Å². The van der Waals surface area contributed by atoms with Gasteiger partial charge in [-0.2, -0.15) is 0 Å². The van der Waals surface area contributed by atoms with E-state index >= 15 is 0 Å². The molecule has 2 aliphatic rings. The highest BCUT2D eigenvalue weighted by molar-refractivity contribution is 5.70. The number of hydrogen-bond acceptors (Lipinski definition) is 2. The fourth-order valence-electron chi connectivity index (χ4n) is 2.42. The van der Waals surface area contributed by atoms with Gasteiger partial charge < -0.3 is 4.74 Å². The van der Waals surface area contributed by atoms with Gasteiger partial charge in [0.15, 0.2) is 5.67 Å². The van der Waals surface area contributed by atoms with E-state index in [1.54, 1.807) is 20.8 Å². The average molecular weight is 253 g/mol. The number of carbonyl (C=O) groups is 1. The molecule has 2 rings (SSSR count). The molecule has 1 unspecified atom stereocenters. The molecular weight excluding hydrogens is 233 g/mol. The number of ether oxygens (including phenoxy) is 1. The molecule has 3 nitrogen and oxygen atoms in total. The molecule has 1 heterocycles. The molecule has 1 aliphatic carbocycles. The minimum absolute atomic E-state index is 0.0432. The SMILES string of the molecule is C#CC1(F)CCC2(CC2)N(C(=O)OC(C)(C)C)C1. The van der Waals surface area contributed by atoms with Crippen molar-refractivity contribution >= 4 is 6.09 Å². The molecule has 2 fully saturated rings. The molecule has 1 spiro atoms. The van der Waals surface area contributed by atoms with Crippen molar-refractivity contribution in [3.63, 3.8) is 0 Å². The lowest BCUT2D eigenvalue weighted by molar-refractivity contribution is -0.0162. The van der Waals surface area contributed by atoms with Gasteiger partial charge in [-0.1, -0.05) is 5.92 Å².